The van der Waals surface area contributed by atoms with Crippen LogP contribution in [0.15, 0.2) is 18.2 Å². The normalized spacial score (nSPS) is 10.1. The maximum absolute atomic E-state index is 13.1. The molecular formula is C10H11FN2. The van der Waals surface area contributed by atoms with Crippen LogP contribution in [0.4, 0.5) is 4.39 Å². The SMILES string of the molecule is CN(C)Cc1cc(C#N)ccc1F. The van der Waals surface area contributed by atoms with Crippen LogP contribution in [0.2, 0.25) is 0 Å². The van der Waals surface area contributed by atoms with Gasteiger partial charge in [-0.1, -0.05) is 0 Å². The highest BCUT2D eigenvalue weighted by Gasteiger charge is 2.03. The van der Waals surface area contributed by atoms with Gasteiger partial charge in [0, 0.05) is 12.1 Å². The Labute approximate surface area is 77.2 Å². The van der Waals surface area contributed by atoms with Crippen molar-refractivity contribution in [1.82, 2.24) is 4.90 Å². The summed E-state index contributed by atoms with van der Waals surface area (Å²) in [5.74, 6) is -0.257. The third kappa shape index (κ3) is 2.53. The first kappa shape index (κ1) is 9.69. The molecule has 0 bridgehead atoms. The van der Waals surface area contributed by atoms with Crippen LogP contribution in [0, 0.1) is 17.1 Å². The Bertz CT molecular complexity index is 339. The lowest BCUT2D eigenvalue weighted by Gasteiger charge is -2.10. The summed E-state index contributed by atoms with van der Waals surface area (Å²) >= 11 is 0. The third-order valence-electron chi connectivity index (χ3n) is 1.66. The molecule has 0 unspecified atom stereocenters. The number of nitrogens with zero attached hydrogens (tertiary/aromatic N) is 2. The number of halogens is 1. The van der Waals surface area contributed by atoms with E-state index in [1.165, 1.54) is 12.1 Å². The largest absolute Gasteiger partial charge is 0.305 e. The zero-order valence-corrected chi connectivity index (χ0v) is 7.71. The van der Waals surface area contributed by atoms with Crippen LogP contribution < -0.4 is 0 Å². The average molecular weight is 178 g/mol. The monoisotopic (exact) mass is 178 g/mol. The van der Waals surface area contributed by atoms with Gasteiger partial charge in [-0.15, -0.1) is 0 Å². The van der Waals surface area contributed by atoms with Crippen LogP contribution in [-0.2, 0) is 6.54 Å². The first-order chi connectivity index (χ1) is 6.13. The van der Waals surface area contributed by atoms with Gasteiger partial charge in [-0.3, -0.25) is 0 Å². The molecule has 68 valence electrons. The molecule has 2 nitrogen and oxygen atoms in total. The van der Waals surface area contributed by atoms with Gasteiger partial charge >= 0.3 is 0 Å². The number of hydrogen-bond acceptors (Lipinski definition) is 2. The lowest BCUT2D eigenvalue weighted by Crippen LogP contribution is -2.12. The highest BCUT2D eigenvalue weighted by molar-refractivity contribution is 5.33. The minimum Gasteiger partial charge on any atom is -0.305 e. The molecule has 1 rings (SSSR count). The lowest BCUT2D eigenvalue weighted by molar-refractivity contribution is 0.392. The maximum atomic E-state index is 13.1. The Morgan fingerprint density at radius 3 is 2.69 bits per heavy atom. The van der Waals surface area contributed by atoms with Gasteiger partial charge in [0.25, 0.3) is 0 Å². The Hall–Kier alpha value is -1.40. The Kier molecular flexibility index (Phi) is 2.99. The predicted molar refractivity (Wildman–Crippen MR) is 48.5 cm³/mol. The van der Waals surface area contributed by atoms with Crippen molar-refractivity contribution >= 4 is 0 Å². The third-order valence-corrected chi connectivity index (χ3v) is 1.66. The number of hydrogen-bond donors (Lipinski definition) is 0. The van der Waals surface area contributed by atoms with Gasteiger partial charge in [0.05, 0.1) is 11.6 Å². The molecule has 0 saturated carbocycles. The number of nitriles is 1. The molecule has 0 atom stereocenters. The zero-order valence-electron chi connectivity index (χ0n) is 7.71. The van der Waals surface area contributed by atoms with E-state index in [1.807, 2.05) is 25.1 Å². The molecule has 0 aromatic heterocycles. The van der Waals surface area contributed by atoms with Crippen molar-refractivity contribution in [2.45, 2.75) is 6.54 Å². The van der Waals surface area contributed by atoms with E-state index < -0.39 is 0 Å². The van der Waals surface area contributed by atoms with E-state index in [4.69, 9.17) is 5.26 Å². The van der Waals surface area contributed by atoms with Gasteiger partial charge in [-0.2, -0.15) is 5.26 Å². The van der Waals surface area contributed by atoms with E-state index in [0.717, 1.165) is 0 Å². The summed E-state index contributed by atoms with van der Waals surface area (Å²) in [7, 11) is 3.72. The van der Waals surface area contributed by atoms with E-state index in [-0.39, 0.29) is 5.82 Å². The molecule has 0 N–H and O–H groups in total. The molecule has 0 aliphatic heterocycles. The molecule has 3 heteroatoms. The molecule has 0 aliphatic carbocycles. The quantitative estimate of drug-likeness (QED) is 0.690. The zero-order chi connectivity index (χ0) is 9.84. The second kappa shape index (κ2) is 4.01. The summed E-state index contributed by atoms with van der Waals surface area (Å²) in [6.07, 6.45) is 0. The summed E-state index contributed by atoms with van der Waals surface area (Å²) in [5.41, 5.74) is 1.06. The number of rotatable bonds is 2. The summed E-state index contributed by atoms with van der Waals surface area (Å²) in [4.78, 5) is 1.86. The standard InChI is InChI=1S/C10H11FN2/c1-13(2)7-9-5-8(6-12)3-4-10(9)11/h3-5H,7H2,1-2H3. The van der Waals surface area contributed by atoms with Crippen LogP contribution >= 0.6 is 0 Å². The minimum atomic E-state index is -0.257. The summed E-state index contributed by atoms with van der Waals surface area (Å²) < 4.78 is 13.1. The van der Waals surface area contributed by atoms with Crippen LogP contribution in [0.5, 0.6) is 0 Å². The molecule has 0 radical (unpaired) electrons. The van der Waals surface area contributed by atoms with Gasteiger partial charge in [0.15, 0.2) is 0 Å². The fourth-order valence-electron chi connectivity index (χ4n) is 1.11. The molecule has 0 spiro atoms. The summed E-state index contributed by atoms with van der Waals surface area (Å²) in [6.45, 7) is 0.515. The smallest absolute Gasteiger partial charge is 0.127 e. The van der Waals surface area contributed by atoms with E-state index >= 15 is 0 Å². The molecule has 1 aromatic rings. The highest BCUT2D eigenvalue weighted by atomic mass is 19.1. The van der Waals surface area contributed by atoms with Crippen molar-refractivity contribution in [3.05, 3.63) is 35.1 Å². The van der Waals surface area contributed by atoms with Crippen LogP contribution in [0.1, 0.15) is 11.1 Å². The summed E-state index contributed by atoms with van der Waals surface area (Å²) in [5, 5.41) is 8.60. The molecule has 0 heterocycles. The second-order valence-corrected chi connectivity index (χ2v) is 3.16. The topological polar surface area (TPSA) is 27.0 Å². The van der Waals surface area contributed by atoms with Gasteiger partial charge in [0.2, 0.25) is 0 Å². The lowest BCUT2D eigenvalue weighted by atomic mass is 10.1. The first-order valence-corrected chi connectivity index (χ1v) is 3.96. The fourth-order valence-corrected chi connectivity index (χ4v) is 1.11. The van der Waals surface area contributed by atoms with Crippen LogP contribution in [-0.4, -0.2) is 19.0 Å². The van der Waals surface area contributed by atoms with Crippen molar-refractivity contribution in [2.75, 3.05) is 14.1 Å². The van der Waals surface area contributed by atoms with E-state index in [2.05, 4.69) is 0 Å². The summed E-state index contributed by atoms with van der Waals surface area (Å²) in [6, 6.07) is 6.37. The van der Waals surface area contributed by atoms with Crippen molar-refractivity contribution in [3.8, 4) is 6.07 Å². The van der Waals surface area contributed by atoms with E-state index in [0.29, 0.717) is 17.7 Å². The van der Waals surface area contributed by atoms with Crippen LogP contribution in [0.3, 0.4) is 0 Å². The molecule has 0 fully saturated rings. The Morgan fingerprint density at radius 1 is 1.46 bits per heavy atom. The highest BCUT2D eigenvalue weighted by Crippen LogP contribution is 2.11. The van der Waals surface area contributed by atoms with Gasteiger partial charge in [0.1, 0.15) is 5.82 Å². The van der Waals surface area contributed by atoms with Gasteiger partial charge < -0.3 is 4.90 Å². The van der Waals surface area contributed by atoms with E-state index in [1.54, 1.807) is 6.07 Å². The maximum Gasteiger partial charge on any atom is 0.127 e. The van der Waals surface area contributed by atoms with Crippen molar-refractivity contribution in [3.63, 3.8) is 0 Å². The van der Waals surface area contributed by atoms with E-state index in [9.17, 15) is 4.39 Å². The van der Waals surface area contributed by atoms with Crippen molar-refractivity contribution in [2.24, 2.45) is 0 Å². The molecule has 1 aromatic carbocycles. The number of benzene rings is 1. The van der Waals surface area contributed by atoms with Crippen molar-refractivity contribution < 1.29 is 4.39 Å². The first-order valence-electron chi connectivity index (χ1n) is 3.96. The molecule has 0 saturated heterocycles. The molecule has 0 aliphatic rings. The minimum absolute atomic E-state index is 0.257. The Morgan fingerprint density at radius 2 is 2.15 bits per heavy atom. The molecule has 13 heavy (non-hydrogen) atoms. The average Bonchev–Trinajstić information content (AvgIpc) is 2.08. The molecule has 0 amide bonds. The fraction of sp³-hybridized carbons (Fsp3) is 0.300. The second-order valence-electron chi connectivity index (χ2n) is 3.16. The van der Waals surface area contributed by atoms with Gasteiger partial charge in [-0.25, -0.2) is 4.39 Å². The predicted octanol–water partition coefficient (Wildman–Crippen LogP) is 1.76. The Balaban J connectivity index is 2.99. The van der Waals surface area contributed by atoms with Crippen LogP contribution in [0.25, 0.3) is 0 Å². The van der Waals surface area contributed by atoms with Crippen molar-refractivity contribution in [1.29, 1.82) is 5.26 Å². The van der Waals surface area contributed by atoms with Gasteiger partial charge in [-0.05, 0) is 32.3 Å². The molecular weight excluding hydrogens is 167 g/mol.